The molecule has 0 fully saturated rings. The van der Waals surface area contributed by atoms with Gasteiger partial charge in [0.05, 0.1) is 12.7 Å². The molecule has 90 valence electrons. The Hall–Kier alpha value is -1.26. The second kappa shape index (κ2) is 6.35. The van der Waals surface area contributed by atoms with Crippen LogP contribution in [0.2, 0.25) is 0 Å². The standard InChI is InChI=1S/C12H19NO3/c1-3-16-12-6-10(4-5-11(12)15)8-13-7-9(2)14/h4-6,9,13-15H,3,7-8H2,1-2H3. The minimum absolute atomic E-state index is 0.154. The SMILES string of the molecule is CCOc1cc(CNCC(C)O)ccc1O. The van der Waals surface area contributed by atoms with Gasteiger partial charge in [-0.1, -0.05) is 6.07 Å². The van der Waals surface area contributed by atoms with E-state index in [1.54, 1.807) is 19.1 Å². The van der Waals surface area contributed by atoms with Crippen molar-refractivity contribution in [3.63, 3.8) is 0 Å². The fourth-order valence-corrected chi connectivity index (χ4v) is 1.37. The number of benzene rings is 1. The first-order valence-electron chi connectivity index (χ1n) is 5.47. The van der Waals surface area contributed by atoms with Gasteiger partial charge < -0.3 is 20.3 Å². The number of ether oxygens (including phenoxy) is 1. The first kappa shape index (κ1) is 12.8. The van der Waals surface area contributed by atoms with Crippen molar-refractivity contribution in [2.45, 2.75) is 26.5 Å². The third-order valence-electron chi connectivity index (χ3n) is 2.09. The molecule has 1 aromatic rings. The summed E-state index contributed by atoms with van der Waals surface area (Å²) in [6, 6.07) is 5.24. The predicted molar refractivity (Wildman–Crippen MR) is 62.7 cm³/mol. The van der Waals surface area contributed by atoms with E-state index in [2.05, 4.69) is 5.32 Å². The number of phenolic OH excluding ortho intramolecular Hbond substituents is 1. The average Bonchev–Trinajstić information content (AvgIpc) is 2.22. The van der Waals surface area contributed by atoms with Gasteiger partial charge in [-0.05, 0) is 31.5 Å². The van der Waals surface area contributed by atoms with Crippen molar-refractivity contribution < 1.29 is 14.9 Å². The van der Waals surface area contributed by atoms with E-state index in [0.29, 0.717) is 25.4 Å². The van der Waals surface area contributed by atoms with Gasteiger partial charge in [0.1, 0.15) is 0 Å². The fourth-order valence-electron chi connectivity index (χ4n) is 1.37. The van der Waals surface area contributed by atoms with E-state index in [4.69, 9.17) is 9.84 Å². The minimum Gasteiger partial charge on any atom is -0.504 e. The summed E-state index contributed by atoms with van der Waals surface area (Å²) in [7, 11) is 0. The maximum atomic E-state index is 9.49. The van der Waals surface area contributed by atoms with Crippen LogP contribution in [0.3, 0.4) is 0 Å². The van der Waals surface area contributed by atoms with E-state index in [9.17, 15) is 5.11 Å². The third kappa shape index (κ3) is 4.08. The molecule has 4 heteroatoms. The number of nitrogens with one attached hydrogen (secondary N) is 1. The van der Waals surface area contributed by atoms with Crippen molar-refractivity contribution in [3.8, 4) is 11.5 Å². The highest BCUT2D eigenvalue weighted by Crippen LogP contribution is 2.26. The topological polar surface area (TPSA) is 61.7 Å². The van der Waals surface area contributed by atoms with E-state index in [0.717, 1.165) is 5.56 Å². The lowest BCUT2D eigenvalue weighted by molar-refractivity contribution is 0.191. The zero-order valence-electron chi connectivity index (χ0n) is 9.73. The molecule has 1 aromatic carbocycles. The Bertz CT molecular complexity index is 326. The molecule has 16 heavy (non-hydrogen) atoms. The molecule has 0 aliphatic carbocycles. The van der Waals surface area contributed by atoms with Gasteiger partial charge in [-0.2, -0.15) is 0 Å². The Morgan fingerprint density at radius 1 is 1.44 bits per heavy atom. The molecule has 3 N–H and O–H groups in total. The lowest BCUT2D eigenvalue weighted by Gasteiger charge is -2.10. The minimum atomic E-state index is -0.358. The first-order valence-corrected chi connectivity index (χ1v) is 5.47. The van der Waals surface area contributed by atoms with Crippen molar-refractivity contribution in [2.75, 3.05) is 13.2 Å². The van der Waals surface area contributed by atoms with Gasteiger partial charge in [-0.3, -0.25) is 0 Å². The van der Waals surface area contributed by atoms with Crippen molar-refractivity contribution >= 4 is 0 Å². The molecule has 0 aliphatic rings. The zero-order chi connectivity index (χ0) is 12.0. The van der Waals surface area contributed by atoms with Crippen LogP contribution in [0.5, 0.6) is 11.5 Å². The van der Waals surface area contributed by atoms with E-state index >= 15 is 0 Å². The normalized spacial score (nSPS) is 12.4. The van der Waals surface area contributed by atoms with Crippen LogP contribution in [0.4, 0.5) is 0 Å². The van der Waals surface area contributed by atoms with Crippen molar-refractivity contribution in [3.05, 3.63) is 23.8 Å². The van der Waals surface area contributed by atoms with Crippen LogP contribution in [0, 0.1) is 0 Å². The third-order valence-corrected chi connectivity index (χ3v) is 2.09. The van der Waals surface area contributed by atoms with Crippen LogP contribution in [-0.2, 0) is 6.54 Å². The monoisotopic (exact) mass is 225 g/mol. The Labute approximate surface area is 95.9 Å². The molecule has 4 nitrogen and oxygen atoms in total. The summed E-state index contributed by atoms with van der Waals surface area (Å²) in [5.74, 6) is 0.653. The Morgan fingerprint density at radius 2 is 2.19 bits per heavy atom. The van der Waals surface area contributed by atoms with Crippen LogP contribution < -0.4 is 10.1 Å². The quantitative estimate of drug-likeness (QED) is 0.682. The fraction of sp³-hybridized carbons (Fsp3) is 0.500. The molecule has 0 heterocycles. The predicted octanol–water partition coefficient (Wildman–Crippen LogP) is 1.26. The molecular formula is C12H19NO3. The number of phenols is 1. The number of aromatic hydroxyl groups is 1. The summed E-state index contributed by atoms with van der Waals surface area (Å²) >= 11 is 0. The second-order valence-corrected chi connectivity index (χ2v) is 3.72. The highest BCUT2D eigenvalue weighted by atomic mass is 16.5. The molecule has 0 aliphatic heterocycles. The number of aliphatic hydroxyl groups excluding tert-OH is 1. The summed E-state index contributed by atoms with van der Waals surface area (Å²) in [6.45, 7) is 5.32. The largest absolute Gasteiger partial charge is 0.504 e. The summed E-state index contributed by atoms with van der Waals surface area (Å²) in [4.78, 5) is 0. The summed E-state index contributed by atoms with van der Waals surface area (Å²) < 4.78 is 5.28. The van der Waals surface area contributed by atoms with Crippen LogP contribution in [0.25, 0.3) is 0 Å². The van der Waals surface area contributed by atoms with Gasteiger partial charge >= 0.3 is 0 Å². The van der Waals surface area contributed by atoms with Gasteiger partial charge in [-0.25, -0.2) is 0 Å². The maximum absolute atomic E-state index is 9.49. The number of rotatable bonds is 6. The number of aliphatic hydroxyl groups is 1. The summed E-state index contributed by atoms with van der Waals surface area (Å²) in [5.41, 5.74) is 1.02. The Kier molecular flexibility index (Phi) is 5.08. The van der Waals surface area contributed by atoms with Crippen molar-refractivity contribution in [2.24, 2.45) is 0 Å². The molecule has 0 saturated carbocycles. The molecular weight excluding hydrogens is 206 g/mol. The van der Waals surface area contributed by atoms with E-state index < -0.39 is 0 Å². The Balaban J connectivity index is 2.56. The van der Waals surface area contributed by atoms with Gasteiger partial charge in [0.15, 0.2) is 11.5 Å². The average molecular weight is 225 g/mol. The van der Waals surface area contributed by atoms with Crippen LogP contribution in [0.1, 0.15) is 19.4 Å². The Morgan fingerprint density at radius 3 is 2.81 bits per heavy atom. The molecule has 0 spiro atoms. The van der Waals surface area contributed by atoms with E-state index in [-0.39, 0.29) is 11.9 Å². The highest BCUT2D eigenvalue weighted by Gasteiger charge is 2.03. The van der Waals surface area contributed by atoms with Crippen LogP contribution in [-0.4, -0.2) is 29.5 Å². The molecule has 0 aromatic heterocycles. The molecule has 0 saturated heterocycles. The van der Waals surface area contributed by atoms with Crippen molar-refractivity contribution in [1.82, 2.24) is 5.32 Å². The first-order chi connectivity index (χ1) is 7.63. The van der Waals surface area contributed by atoms with Crippen molar-refractivity contribution in [1.29, 1.82) is 0 Å². The van der Waals surface area contributed by atoms with Gasteiger partial charge in [0.25, 0.3) is 0 Å². The molecule has 0 radical (unpaired) electrons. The van der Waals surface area contributed by atoms with Gasteiger partial charge in [0.2, 0.25) is 0 Å². The van der Waals surface area contributed by atoms with Crippen LogP contribution >= 0.6 is 0 Å². The highest BCUT2D eigenvalue weighted by molar-refractivity contribution is 5.41. The lowest BCUT2D eigenvalue weighted by atomic mass is 10.2. The molecule has 0 bridgehead atoms. The number of hydrogen-bond donors (Lipinski definition) is 3. The second-order valence-electron chi connectivity index (χ2n) is 3.72. The molecule has 1 atom stereocenters. The van der Waals surface area contributed by atoms with Crippen LogP contribution in [0.15, 0.2) is 18.2 Å². The summed E-state index contributed by atoms with van der Waals surface area (Å²) in [6.07, 6.45) is -0.358. The number of hydrogen-bond acceptors (Lipinski definition) is 4. The maximum Gasteiger partial charge on any atom is 0.161 e. The van der Waals surface area contributed by atoms with E-state index in [1.807, 2.05) is 13.0 Å². The lowest BCUT2D eigenvalue weighted by Crippen LogP contribution is -2.23. The van der Waals surface area contributed by atoms with Gasteiger partial charge in [-0.15, -0.1) is 0 Å². The van der Waals surface area contributed by atoms with Gasteiger partial charge in [0, 0.05) is 13.1 Å². The molecule has 0 amide bonds. The summed E-state index contributed by atoms with van der Waals surface area (Å²) in [5, 5.41) is 21.7. The molecule has 1 unspecified atom stereocenters. The smallest absolute Gasteiger partial charge is 0.161 e. The molecule has 1 rings (SSSR count). The van der Waals surface area contributed by atoms with E-state index in [1.165, 1.54) is 0 Å². The zero-order valence-corrected chi connectivity index (χ0v) is 9.73.